The lowest BCUT2D eigenvalue weighted by atomic mass is 10.1. The Hall–Kier alpha value is -0.920. The first-order valence-corrected chi connectivity index (χ1v) is 4.31. The van der Waals surface area contributed by atoms with Crippen molar-refractivity contribution in [2.45, 2.75) is 37.8 Å². The molecule has 0 aromatic rings. The van der Waals surface area contributed by atoms with E-state index in [1.165, 1.54) is 0 Å². The standard InChI is InChI=1S/C8H9F6NO/c1-5(2)16-8(13)7(11,12)6(9,10)3-4-15(8)14/h3-5H,1-2H3. The largest absolute Gasteiger partial charge is 0.393 e. The number of nitrogens with zero attached hydrogens (tertiary/aromatic N) is 1. The molecule has 1 atom stereocenters. The van der Waals surface area contributed by atoms with Crippen molar-refractivity contribution in [1.29, 1.82) is 0 Å². The van der Waals surface area contributed by atoms with Gasteiger partial charge in [0.2, 0.25) is 0 Å². The van der Waals surface area contributed by atoms with Crippen LogP contribution in [-0.2, 0) is 4.74 Å². The summed E-state index contributed by atoms with van der Waals surface area (Å²) in [5, 5.41) is -1.20. The van der Waals surface area contributed by atoms with E-state index in [9.17, 15) is 26.4 Å². The van der Waals surface area contributed by atoms with E-state index in [0.717, 1.165) is 13.8 Å². The summed E-state index contributed by atoms with van der Waals surface area (Å²) in [7, 11) is 0. The van der Waals surface area contributed by atoms with Gasteiger partial charge < -0.3 is 4.74 Å². The number of hydrogen-bond acceptors (Lipinski definition) is 2. The summed E-state index contributed by atoms with van der Waals surface area (Å²) < 4.78 is 82.0. The van der Waals surface area contributed by atoms with Gasteiger partial charge in [-0.15, -0.1) is 0 Å². The number of allylic oxidation sites excluding steroid dienone is 1. The van der Waals surface area contributed by atoms with Gasteiger partial charge in [0.15, 0.2) is 0 Å². The molecule has 0 amide bonds. The maximum atomic E-state index is 13.5. The molecule has 0 radical (unpaired) electrons. The van der Waals surface area contributed by atoms with Crippen LogP contribution in [0.25, 0.3) is 0 Å². The summed E-state index contributed by atoms with van der Waals surface area (Å²) in [6.45, 7) is 2.23. The van der Waals surface area contributed by atoms with Crippen LogP contribution in [0.1, 0.15) is 13.8 Å². The smallest absolute Gasteiger partial charge is 0.320 e. The monoisotopic (exact) mass is 249 g/mol. The minimum absolute atomic E-state index is 0.125. The van der Waals surface area contributed by atoms with Gasteiger partial charge in [0, 0.05) is 12.3 Å². The Balaban J connectivity index is 3.20. The second-order valence-electron chi connectivity index (χ2n) is 3.55. The third-order valence-corrected chi connectivity index (χ3v) is 1.89. The van der Waals surface area contributed by atoms with Gasteiger partial charge in [0.05, 0.1) is 6.10 Å². The summed E-state index contributed by atoms with van der Waals surface area (Å²) in [5.41, 5.74) is 0. The van der Waals surface area contributed by atoms with Gasteiger partial charge in [-0.1, -0.05) is 4.48 Å². The zero-order valence-electron chi connectivity index (χ0n) is 8.36. The van der Waals surface area contributed by atoms with E-state index in [1.54, 1.807) is 0 Å². The maximum absolute atomic E-state index is 13.5. The zero-order valence-corrected chi connectivity index (χ0v) is 8.36. The van der Waals surface area contributed by atoms with Crippen LogP contribution in [0, 0.1) is 0 Å². The highest BCUT2D eigenvalue weighted by Gasteiger charge is 2.75. The highest BCUT2D eigenvalue weighted by molar-refractivity contribution is 5.12. The van der Waals surface area contributed by atoms with Crippen molar-refractivity contribution in [3.8, 4) is 0 Å². The van der Waals surface area contributed by atoms with Gasteiger partial charge in [-0.3, -0.25) is 0 Å². The zero-order chi connectivity index (χ0) is 12.8. The summed E-state index contributed by atoms with van der Waals surface area (Å²) >= 11 is 0. The molecular weight excluding hydrogens is 240 g/mol. The summed E-state index contributed by atoms with van der Waals surface area (Å²) in [6, 6.07) is 0. The average molecular weight is 249 g/mol. The Morgan fingerprint density at radius 3 is 2.06 bits per heavy atom. The topological polar surface area (TPSA) is 12.5 Å². The van der Waals surface area contributed by atoms with Gasteiger partial charge in [0.1, 0.15) is 0 Å². The van der Waals surface area contributed by atoms with Gasteiger partial charge in [-0.2, -0.15) is 27.1 Å². The minimum Gasteiger partial charge on any atom is -0.320 e. The van der Waals surface area contributed by atoms with Crippen LogP contribution in [0.15, 0.2) is 12.3 Å². The van der Waals surface area contributed by atoms with Crippen LogP contribution in [-0.4, -0.2) is 29.0 Å². The molecule has 0 spiro atoms. The SMILES string of the molecule is CC(C)OC1(F)N(F)C=CC(F)(F)C1(F)F. The van der Waals surface area contributed by atoms with Gasteiger partial charge in [-0.25, -0.2) is 0 Å². The molecule has 2 nitrogen and oxygen atoms in total. The van der Waals surface area contributed by atoms with E-state index in [0.29, 0.717) is 0 Å². The number of rotatable bonds is 2. The molecule has 1 aliphatic heterocycles. The van der Waals surface area contributed by atoms with Gasteiger partial charge in [-0.05, 0) is 13.8 Å². The van der Waals surface area contributed by atoms with E-state index in [2.05, 4.69) is 4.74 Å². The Bertz CT molecular complexity index is 305. The lowest BCUT2D eigenvalue weighted by molar-refractivity contribution is -0.423. The molecule has 0 saturated carbocycles. The second kappa shape index (κ2) is 3.54. The summed E-state index contributed by atoms with van der Waals surface area (Å²) in [4.78, 5) is 0. The summed E-state index contributed by atoms with van der Waals surface area (Å²) in [5.74, 6) is -14.7. The molecule has 16 heavy (non-hydrogen) atoms. The Morgan fingerprint density at radius 2 is 1.62 bits per heavy atom. The molecule has 0 bridgehead atoms. The van der Waals surface area contributed by atoms with Crippen molar-refractivity contribution in [3.63, 3.8) is 0 Å². The van der Waals surface area contributed by atoms with Crippen LogP contribution in [0.3, 0.4) is 0 Å². The van der Waals surface area contributed by atoms with E-state index < -0.39 is 35.1 Å². The number of halogens is 6. The van der Waals surface area contributed by atoms with E-state index in [1.807, 2.05) is 0 Å². The molecule has 1 rings (SSSR count). The Labute approximate surface area is 87.4 Å². The van der Waals surface area contributed by atoms with E-state index in [4.69, 9.17) is 0 Å². The fourth-order valence-electron chi connectivity index (χ4n) is 1.14. The highest BCUT2D eigenvalue weighted by Crippen LogP contribution is 2.51. The molecule has 0 fully saturated rings. The third-order valence-electron chi connectivity index (χ3n) is 1.89. The average Bonchev–Trinajstić information content (AvgIpc) is 2.10. The second-order valence-corrected chi connectivity index (χ2v) is 3.55. The number of hydrogen-bond donors (Lipinski definition) is 0. The van der Waals surface area contributed by atoms with Crippen LogP contribution < -0.4 is 0 Å². The van der Waals surface area contributed by atoms with Crippen LogP contribution >= 0.6 is 0 Å². The predicted molar refractivity (Wildman–Crippen MR) is 42.0 cm³/mol. The minimum atomic E-state index is -5.33. The molecule has 0 N–H and O–H groups in total. The Kier molecular flexibility index (Phi) is 2.91. The van der Waals surface area contributed by atoms with Crippen molar-refractivity contribution in [1.82, 2.24) is 5.12 Å². The van der Waals surface area contributed by atoms with Crippen LogP contribution in [0.4, 0.5) is 26.4 Å². The third kappa shape index (κ3) is 1.64. The number of alkyl halides is 5. The van der Waals surface area contributed by atoms with E-state index in [-0.39, 0.29) is 6.20 Å². The fourth-order valence-corrected chi connectivity index (χ4v) is 1.14. The molecule has 0 saturated heterocycles. The molecule has 1 unspecified atom stereocenters. The predicted octanol–water partition coefficient (Wildman–Crippen LogP) is 3.02. The lowest BCUT2D eigenvalue weighted by Gasteiger charge is -2.41. The summed E-state index contributed by atoms with van der Waals surface area (Å²) in [6.07, 6.45) is -1.75. The Morgan fingerprint density at radius 1 is 1.12 bits per heavy atom. The first-order chi connectivity index (χ1) is 7.04. The molecule has 0 aromatic heterocycles. The van der Waals surface area contributed by atoms with Gasteiger partial charge in [0.25, 0.3) is 0 Å². The van der Waals surface area contributed by atoms with Crippen molar-refractivity contribution in [2.24, 2.45) is 0 Å². The lowest BCUT2D eigenvalue weighted by Crippen LogP contribution is -2.65. The van der Waals surface area contributed by atoms with Crippen molar-refractivity contribution in [3.05, 3.63) is 12.3 Å². The first kappa shape index (κ1) is 13.1. The quantitative estimate of drug-likeness (QED) is 0.423. The van der Waals surface area contributed by atoms with Crippen LogP contribution in [0.2, 0.25) is 0 Å². The molecule has 0 aromatic carbocycles. The molecular formula is C8H9F6NO. The van der Waals surface area contributed by atoms with Gasteiger partial charge >= 0.3 is 17.8 Å². The molecule has 0 aliphatic carbocycles. The van der Waals surface area contributed by atoms with Crippen molar-refractivity contribution in [2.75, 3.05) is 0 Å². The molecule has 1 aliphatic rings. The number of ether oxygens (including phenoxy) is 1. The highest BCUT2D eigenvalue weighted by atomic mass is 19.3. The van der Waals surface area contributed by atoms with E-state index >= 15 is 0 Å². The normalized spacial score (nSPS) is 32.2. The maximum Gasteiger partial charge on any atom is 0.393 e. The van der Waals surface area contributed by atoms with Crippen molar-refractivity contribution >= 4 is 0 Å². The fraction of sp³-hybridized carbons (Fsp3) is 0.750. The molecule has 8 heteroatoms. The van der Waals surface area contributed by atoms with Crippen molar-refractivity contribution < 1.29 is 31.2 Å². The molecule has 94 valence electrons. The molecule has 1 heterocycles. The van der Waals surface area contributed by atoms with Crippen LogP contribution in [0.5, 0.6) is 0 Å². The first-order valence-electron chi connectivity index (χ1n) is 4.31.